The van der Waals surface area contributed by atoms with E-state index in [0.717, 1.165) is 0 Å². The number of fused-ring (bicyclic) bond motifs is 3. The van der Waals surface area contributed by atoms with E-state index in [1.807, 2.05) is 0 Å². The number of hydrogen-bond donors (Lipinski definition) is 1. The highest BCUT2D eigenvalue weighted by Gasteiger charge is 2.25. The summed E-state index contributed by atoms with van der Waals surface area (Å²) in [6.45, 7) is 1.69. The zero-order valence-corrected chi connectivity index (χ0v) is 15.6. The standard InChI is InChI=1S/C18H13N5O4S/c1-8-11(18(24)27-2)12(9-4-3-5-10(6-9)23(25)26)13-14-15(28-17(13)22-8)16(19)21-7-20-14/h3-7H,1-2H3,(H2,19,20,21). The summed E-state index contributed by atoms with van der Waals surface area (Å²) in [5.41, 5.74) is 8.06. The zero-order chi connectivity index (χ0) is 20.0. The normalized spacial score (nSPS) is 11.1. The lowest BCUT2D eigenvalue weighted by Crippen LogP contribution is -2.08. The Kier molecular flexibility index (Phi) is 4.12. The van der Waals surface area contributed by atoms with Crippen LogP contribution in [0.15, 0.2) is 30.6 Å². The first kappa shape index (κ1) is 17.7. The summed E-state index contributed by atoms with van der Waals surface area (Å²) in [5, 5.41) is 11.8. The number of rotatable bonds is 3. The van der Waals surface area contributed by atoms with Gasteiger partial charge in [0.05, 0.1) is 33.5 Å². The number of pyridine rings is 1. The number of aryl methyl sites for hydroxylation is 1. The number of aromatic nitrogens is 3. The van der Waals surface area contributed by atoms with Gasteiger partial charge in [0.15, 0.2) is 0 Å². The molecule has 0 unspecified atom stereocenters. The van der Waals surface area contributed by atoms with Gasteiger partial charge >= 0.3 is 5.97 Å². The number of benzene rings is 1. The van der Waals surface area contributed by atoms with Gasteiger partial charge in [0.25, 0.3) is 5.69 Å². The number of methoxy groups -OCH3 is 1. The maximum absolute atomic E-state index is 12.6. The number of esters is 1. The number of carbonyl (C=O) groups excluding carboxylic acids is 1. The summed E-state index contributed by atoms with van der Waals surface area (Å²) >= 11 is 1.30. The van der Waals surface area contributed by atoms with Crippen LogP contribution in [0.1, 0.15) is 16.1 Å². The third kappa shape index (κ3) is 2.62. The first-order valence-electron chi connectivity index (χ1n) is 8.08. The van der Waals surface area contributed by atoms with E-state index in [1.165, 1.54) is 36.9 Å². The molecule has 0 saturated carbocycles. The minimum absolute atomic E-state index is 0.0930. The van der Waals surface area contributed by atoms with Crippen molar-refractivity contribution in [1.82, 2.24) is 15.0 Å². The van der Waals surface area contributed by atoms with Crippen LogP contribution in [-0.2, 0) is 4.74 Å². The molecule has 0 bridgehead atoms. The third-order valence-electron chi connectivity index (χ3n) is 4.35. The maximum atomic E-state index is 12.6. The Morgan fingerprint density at radius 1 is 1.32 bits per heavy atom. The predicted octanol–water partition coefficient (Wildman–Crippen LogP) is 3.49. The summed E-state index contributed by atoms with van der Waals surface area (Å²) in [6.07, 6.45) is 1.33. The number of nitrogens with two attached hydrogens (primary N) is 1. The molecule has 2 N–H and O–H groups in total. The van der Waals surface area contributed by atoms with E-state index in [1.54, 1.807) is 19.1 Å². The Morgan fingerprint density at radius 3 is 2.82 bits per heavy atom. The van der Waals surface area contributed by atoms with Crippen LogP contribution in [0.2, 0.25) is 0 Å². The van der Waals surface area contributed by atoms with Gasteiger partial charge in [0.2, 0.25) is 0 Å². The van der Waals surface area contributed by atoms with Crippen molar-refractivity contribution in [2.75, 3.05) is 12.8 Å². The number of non-ortho nitro benzene ring substituents is 1. The van der Waals surface area contributed by atoms with E-state index in [-0.39, 0.29) is 11.3 Å². The predicted molar refractivity (Wildman–Crippen MR) is 105 cm³/mol. The molecule has 3 heterocycles. The van der Waals surface area contributed by atoms with Crippen LogP contribution in [0, 0.1) is 17.0 Å². The Morgan fingerprint density at radius 2 is 2.11 bits per heavy atom. The Bertz CT molecular complexity index is 1280. The lowest BCUT2D eigenvalue weighted by molar-refractivity contribution is -0.384. The van der Waals surface area contributed by atoms with Crippen LogP contribution in [-0.4, -0.2) is 33.0 Å². The number of nitro benzene ring substituents is 1. The number of anilines is 1. The molecule has 0 fully saturated rings. The molecule has 0 aliphatic carbocycles. The average Bonchev–Trinajstić information content (AvgIpc) is 3.05. The van der Waals surface area contributed by atoms with Gasteiger partial charge in [-0.1, -0.05) is 12.1 Å². The first-order valence-corrected chi connectivity index (χ1v) is 8.90. The van der Waals surface area contributed by atoms with Crippen LogP contribution in [0.25, 0.3) is 31.6 Å². The maximum Gasteiger partial charge on any atom is 0.340 e. The number of nitrogen functional groups attached to an aromatic ring is 1. The van der Waals surface area contributed by atoms with E-state index in [2.05, 4.69) is 15.0 Å². The second kappa shape index (κ2) is 6.50. The Labute approximate surface area is 162 Å². The summed E-state index contributed by atoms with van der Waals surface area (Å²) in [6, 6.07) is 6.06. The van der Waals surface area contributed by atoms with Gasteiger partial charge in [-0.05, 0) is 12.5 Å². The molecule has 3 aromatic heterocycles. The zero-order valence-electron chi connectivity index (χ0n) is 14.8. The highest BCUT2D eigenvalue weighted by Crippen LogP contribution is 2.42. The SMILES string of the molecule is COC(=O)c1c(C)nc2sc3c(N)ncnc3c2c1-c1cccc([N+](=O)[O-])c1. The number of nitrogens with zero attached hydrogens (tertiary/aromatic N) is 4. The van der Waals surface area contributed by atoms with Gasteiger partial charge in [0, 0.05) is 23.1 Å². The van der Waals surface area contributed by atoms with Crippen LogP contribution in [0.3, 0.4) is 0 Å². The molecule has 0 radical (unpaired) electrons. The fourth-order valence-corrected chi connectivity index (χ4v) is 4.23. The van der Waals surface area contributed by atoms with Crippen molar-refractivity contribution in [3.63, 3.8) is 0 Å². The molecular weight excluding hydrogens is 382 g/mol. The molecule has 1 aromatic carbocycles. The molecule has 0 saturated heterocycles. The van der Waals surface area contributed by atoms with Crippen LogP contribution in [0.4, 0.5) is 11.5 Å². The smallest absolute Gasteiger partial charge is 0.340 e. The largest absolute Gasteiger partial charge is 0.465 e. The number of thiophene rings is 1. The van der Waals surface area contributed by atoms with E-state index < -0.39 is 10.9 Å². The molecule has 0 atom stereocenters. The fraction of sp³-hybridized carbons (Fsp3) is 0.111. The van der Waals surface area contributed by atoms with E-state index in [9.17, 15) is 14.9 Å². The fourth-order valence-electron chi connectivity index (χ4n) is 3.15. The molecule has 28 heavy (non-hydrogen) atoms. The monoisotopic (exact) mass is 395 g/mol. The van der Waals surface area contributed by atoms with E-state index >= 15 is 0 Å². The second-order valence-electron chi connectivity index (χ2n) is 5.97. The first-order chi connectivity index (χ1) is 13.4. The molecule has 9 nitrogen and oxygen atoms in total. The quantitative estimate of drug-likeness (QED) is 0.316. The summed E-state index contributed by atoms with van der Waals surface area (Å²) < 4.78 is 5.59. The lowest BCUT2D eigenvalue weighted by Gasteiger charge is -2.12. The van der Waals surface area contributed by atoms with Crippen LogP contribution < -0.4 is 5.73 Å². The summed E-state index contributed by atoms with van der Waals surface area (Å²) in [4.78, 5) is 36.8. The highest BCUT2D eigenvalue weighted by molar-refractivity contribution is 7.26. The minimum Gasteiger partial charge on any atom is -0.465 e. The Balaban J connectivity index is 2.22. The van der Waals surface area contributed by atoms with Crippen LogP contribution >= 0.6 is 11.3 Å². The van der Waals surface area contributed by atoms with Gasteiger partial charge in [0.1, 0.15) is 17.0 Å². The van der Waals surface area contributed by atoms with Gasteiger partial charge < -0.3 is 10.5 Å². The van der Waals surface area contributed by atoms with Crippen molar-refractivity contribution in [1.29, 1.82) is 0 Å². The van der Waals surface area contributed by atoms with E-state index in [0.29, 0.717) is 43.1 Å². The van der Waals surface area contributed by atoms with Gasteiger partial charge in [-0.15, -0.1) is 11.3 Å². The van der Waals surface area contributed by atoms with Crippen molar-refractivity contribution in [2.24, 2.45) is 0 Å². The van der Waals surface area contributed by atoms with Gasteiger partial charge in [-0.3, -0.25) is 10.1 Å². The molecule has 140 valence electrons. The molecule has 4 aromatic rings. The second-order valence-corrected chi connectivity index (χ2v) is 6.96. The van der Waals surface area contributed by atoms with Gasteiger partial charge in [-0.2, -0.15) is 0 Å². The topological polar surface area (TPSA) is 134 Å². The molecule has 10 heteroatoms. The molecule has 0 spiro atoms. The number of carbonyl (C=O) groups is 1. The van der Waals surface area contributed by atoms with Crippen LogP contribution in [0.5, 0.6) is 0 Å². The number of ether oxygens (including phenoxy) is 1. The minimum atomic E-state index is -0.588. The highest BCUT2D eigenvalue weighted by atomic mass is 32.1. The van der Waals surface area contributed by atoms with Crippen molar-refractivity contribution in [3.8, 4) is 11.1 Å². The van der Waals surface area contributed by atoms with Crippen molar-refractivity contribution in [3.05, 3.63) is 52.0 Å². The summed E-state index contributed by atoms with van der Waals surface area (Å²) in [7, 11) is 1.27. The van der Waals surface area contributed by atoms with Crippen molar-refractivity contribution < 1.29 is 14.5 Å². The molecule has 0 aliphatic heterocycles. The lowest BCUT2D eigenvalue weighted by atomic mass is 9.95. The summed E-state index contributed by atoms with van der Waals surface area (Å²) in [5.74, 6) is -0.287. The molecule has 0 amide bonds. The molecular formula is C18H13N5O4S. The number of hydrogen-bond acceptors (Lipinski definition) is 9. The Hall–Kier alpha value is -3.66. The molecule has 0 aliphatic rings. The van der Waals surface area contributed by atoms with Crippen molar-refractivity contribution in [2.45, 2.75) is 6.92 Å². The third-order valence-corrected chi connectivity index (χ3v) is 5.44. The number of nitro groups is 1. The molecule has 4 rings (SSSR count). The average molecular weight is 395 g/mol. The van der Waals surface area contributed by atoms with Gasteiger partial charge in [-0.25, -0.2) is 19.7 Å². The van der Waals surface area contributed by atoms with Crippen molar-refractivity contribution >= 4 is 49.2 Å². The van der Waals surface area contributed by atoms with E-state index in [4.69, 9.17) is 10.5 Å².